The summed E-state index contributed by atoms with van der Waals surface area (Å²) in [7, 11) is 4.17. The number of amides is 1. The zero-order chi connectivity index (χ0) is 12.8. The van der Waals surface area contributed by atoms with E-state index in [-0.39, 0.29) is 6.04 Å². The molecule has 0 bridgehead atoms. The minimum absolute atomic E-state index is 0.0499. The largest absolute Gasteiger partial charge is 0.329 e. The molecule has 2 atom stereocenters. The van der Waals surface area contributed by atoms with Crippen LogP contribution >= 0.6 is 0 Å². The molecule has 1 rings (SSSR count). The van der Waals surface area contributed by atoms with Gasteiger partial charge in [-0.2, -0.15) is 0 Å². The molecule has 0 aromatic heterocycles. The first-order valence-electron chi connectivity index (χ1n) is 6.73. The standard InChI is InChI=1S/C13H27N3O/c1-5-11(2)12-13(17)16(10-14-12)9-7-6-8-15(3)4/h11-12,14H,5-10H2,1-4H3. The van der Waals surface area contributed by atoms with Crippen LogP contribution in [0.4, 0.5) is 0 Å². The van der Waals surface area contributed by atoms with E-state index in [1.54, 1.807) is 0 Å². The van der Waals surface area contributed by atoms with Crippen LogP contribution in [0.25, 0.3) is 0 Å². The fourth-order valence-electron chi connectivity index (χ4n) is 2.17. The Morgan fingerprint density at radius 1 is 1.47 bits per heavy atom. The molecule has 0 aromatic carbocycles. The van der Waals surface area contributed by atoms with Crippen LogP contribution in [0, 0.1) is 5.92 Å². The summed E-state index contributed by atoms with van der Waals surface area (Å²) in [5.41, 5.74) is 0. The van der Waals surface area contributed by atoms with Crippen molar-refractivity contribution in [2.75, 3.05) is 33.9 Å². The molecular formula is C13H27N3O. The van der Waals surface area contributed by atoms with E-state index >= 15 is 0 Å². The first-order chi connectivity index (χ1) is 8.06. The third-order valence-corrected chi connectivity index (χ3v) is 3.58. The summed E-state index contributed by atoms with van der Waals surface area (Å²) in [5.74, 6) is 0.735. The second-order valence-corrected chi connectivity index (χ2v) is 5.34. The number of carbonyl (C=O) groups is 1. The van der Waals surface area contributed by atoms with Crippen LogP contribution in [0.1, 0.15) is 33.1 Å². The molecule has 1 N–H and O–H groups in total. The second kappa shape index (κ2) is 6.97. The van der Waals surface area contributed by atoms with Crippen LogP contribution in [0.2, 0.25) is 0 Å². The highest BCUT2D eigenvalue weighted by molar-refractivity contribution is 5.84. The van der Waals surface area contributed by atoms with E-state index in [0.717, 1.165) is 39.0 Å². The molecule has 0 aromatic rings. The summed E-state index contributed by atoms with van der Waals surface area (Å²) in [6, 6.07) is 0.0499. The van der Waals surface area contributed by atoms with Crippen LogP contribution in [0.5, 0.6) is 0 Å². The maximum atomic E-state index is 12.1. The van der Waals surface area contributed by atoms with Crippen LogP contribution in [0.3, 0.4) is 0 Å². The lowest BCUT2D eigenvalue weighted by atomic mass is 9.99. The lowest BCUT2D eigenvalue weighted by Gasteiger charge is -2.18. The summed E-state index contributed by atoms with van der Waals surface area (Å²) in [4.78, 5) is 16.2. The third-order valence-electron chi connectivity index (χ3n) is 3.58. The summed E-state index contributed by atoms with van der Waals surface area (Å²) in [6.45, 7) is 7.01. The van der Waals surface area contributed by atoms with Crippen LogP contribution in [-0.2, 0) is 4.79 Å². The van der Waals surface area contributed by atoms with Crippen LogP contribution < -0.4 is 5.32 Å². The van der Waals surface area contributed by atoms with Crippen molar-refractivity contribution >= 4 is 5.91 Å². The smallest absolute Gasteiger partial charge is 0.241 e. The highest BCUT2D eigenvalue weighted by Gasteiger charge is 2.33. The zero-order valence-corrected chi connectivity index (χ0v) is 11.7. The van der Waals surface area contributed by atoms with Gasteiger partial charge in [0.05, 0.1) is 12.7 Å². The van der Waals surface area contributed by atoms with E-state index < -0.39 is 0 Å². The molecule has 4 heteroatoms. The average molecular weight is 241 g/mol. The molecule has 1 heterocycles. The van der Waals surface area contributed by atoms with Gasteiger partial charge in [0.1, 0.15) is 0 Å². The van der Waals surface area contributed by atoms with Crippen LogP contribution in [-0.4, -0.2) is 55.6 Å². The van der Waals surface area contributed by atoms with Crippen molar-refractivity contribution in [3.63, 3.8) is 0 Å². The van der Waals surface area contributed by atoms with E-state index in [1.165, 1.54) is 0 Å². The Bertz CT molecular complexity index is 243. The molecule has 1 aliphatic rings. The maximum absolute atomic E-state index is 12.1. The van der Waals surface area contributed by atoms with E-state index in [4.69, 9.17) is 0 Å². The highest BCUT2D eigenvalue weighted by atomic mass is 16.2. The Kier molecular flexibility index (Phi) is 5.92. The Hall–Kier alpha value is -0.610. The van der Waals surface area contributed by atoms with Gasteiger partial charge >= 0.3 is 0 Å². The zero-order valence-electron chi connectivity index (χ0n) is 11.7. The lowest BCUT2D eigenvalue weighted by Crippen LogP contribution is -2.36. The molecule has 1 fully saturated rings. The second-order valence-electron chi connectivity index (χ2n) is 5.34. The number of nitrogens with one attached hydrogen (secondary N) is 1. The molecule has 1 amide bonds. The molecule has 0 saturated carbocycles. The monoisotopic (exact) mass is 241 g/mol. The summed E-state index contributed by atoms with van der Waals surface area (Å²) in [6.07, 6.45) is 3.31. The van der Waals surface area contributed by atoms with Gasteiger partial charge in [-0.25, -0.2) is 0 Å². The molecule has 1 aliphatic heterocycles. The van der Waals surface area contributed by atoms with E-state index in [1.807, 2.05) is 4.90 Å². The van der Waals surface area contributed by atoms with Crippen molar-refractivity contribution in [3.8, 4) is 0 Å². The van der Waals surface area contributed by atoms with Crippen molar-refractivity contribution in [2.45, 2.75) is 39.2 Å². The Labute approximate surface area is 105 Å². The third kappa shape index (κ3) is 4.28. The van der Waals surface area contributed by atoms with Crippen molar-refractivity contribution < 1.29 is 4.79 Å². The van der Waals surface area contributed by atoms with Gasteiger partial charge in [-0.05, 0) is 39.4 Å². The lowest BCUT2D eigenvalue weighted by molar-refractivity contribution is -0.129. The van der Waals surface area contributed by atoms with Crippen LogP contribution in [0.15, 0.2) is 0 Å². The predicted octanol–water partition coefficient (Wildman–Crippen LogP) is 1.13. The molecule has 0 aliphatic carbocycles. The van der Waals surface area contributed by atoms with Gasteiger partial charge in [-0.1, -0.05) is 20.3 Å². The van der Waals surface area contributed by atoms with Gasteiger partial charge < -0.3 is 9.80 Å². The number of nitrogens with zero attached hydrogens (tertiary/aromatic N) is 2. The van der Waals surface area contributed by atoms with Crippen molar-refractivity contribution in [1.29, 1.82) is 0 Å². The van der Waals surface area contributed by atoms with E-state index in [2.05, 4.69) is 38.2 Å². The minimum atomic E-state index is 0.0499. The molecule has 1 saturated heterocycles. The molecule has 4 nitrogen and oxygen atoms in total. The van der Waals surface area contributed by atoms with Gasteiger partial charge in [0.25, 0.3) is 0 Å². The fraction of sp³-hybridized carbons (Fsp3) is 0.923. The molecule has 100 valence electrons. The number of unbranched alkanes of at least 4 members (excludes halogenated alkanes) is 1. The normalized spacial score (nSPS) is 22.5. The molecule has 17 heavy (non-hydrogen) atoms. The average Bonchev–Trinajstić information content (AvgIpc) is 2.65. The highest BCUT2D eigenvalue weighted by Crippen LogP contribution is 2.15. The topological polar surface area (TPSA) is 35.6 Å². The minimum Gasteiger partial charge on any atom is -0.329 e. The van der Waals surface area contributed by atoms with Crippen molar-refractivity contribution in [1.82, 2.24) is 15.1 Å². The van der Waals surface area contributed by atoms with E-state index in [9.17, 15) is 4.79 Å². The molecule has 2 unspecified atom stereocenters. The quantitative estimate of drug-likeness (QED) is 0.679. The van der Waals surface area contributed by atoms with Gasteiger partial charge in [-0.15, -0.1) is 0 Å². The number of hydrogen-bond donors (Lipinski definition) is 1. The van der Waals surface area contributed by atoms with Crippen molar-refractivity contribution in [3.05, 3.63) is 0 Å². The van der Waals surface area contributed by atoms with Gasteiger partial charge in [0.2, 0.25) is 5.91 Å². The Balaban J connectivity index is 2.25. The van der Waals surface area contributed by atoms with Crippen molar-refractivity contribution in [2.24, 2.45) is 5.92 Å². The van der Waals surface area contributed by atoms with Gasteiger partial charge in [0, 0.05) is 6.54 Å². The maximum Gasteiger partial charge on any atom is 0.241 e. The predicted molar refractivity (Wildman–Crippen MR) is 70.7 cm³/mol. The SMILES string of the molecule is CCC(C)C1NCN(CCCCN(C)C)C1=O. The summed E-state index contributed by atoms with van der Waals surface area (Å²) in [5, 5.41) is 3.32. The van der Waals surface area contributed by atoms with Gasteiger partial charge in [0.15, 0.2) is 0 Å². The number of carbonyl (C=O) groups excluding carboxylic acids is 1. The van der Waals surface area contributed by atoms with E-state index in [0.29, 0.717) is 11.8 Å². The number of hydrogen-bond acceptors (Lipinski definition) is 3. The molecule has 0 spiro atoms. The Morgan fingerprint density at radius 3 is 2.76 bits per heavy atom. The molecule has 0 radical (unpaired) electrons. The summed E-state index contributed by atoms with van der Waals surface area (Å²) >= 11 is 0. The fourth-order valence-corrected chi connectivity index (χ4v) is 2.17. The first-order valence-corrected chi connectivity index (χ1v) is 6.73. The first kappa shape index (κ1) is 14.5. The number of rotatable bonds is 7. The summed E-state index contributed by atoms with van der Waals surface area (Å²) < 4.78 is 0. The molecular weight excluding hydrogens is 214 g/mol. The van der Waals surface area contributed by atoms with Gasteiger partial charge in [-0.3, -0.25) is 10.1 Å². The Morgan fingerprint density at radius 2 is 2.18 bits per heavy atom.